The van der Waals surface area contributed by atoms with Crippen molar-refractivity contribution in [2.24, 2.45) is 0 Å². The molecule has 2 aromatic rings. The third-order valence-corrected chi connectivity index (χ3v) is 6.67. The molecular formula is C20H20ClN3O2S. The number of halogens is 1. The van der Waals surface area contributed by atoms with Crippen LogP contribution in [0, 0.1) is 0 Å². The van der Waals surface area contributed by atoms with E-state index in [2.05, 4.69) is 0 Å². The molecule has 140 valence electrons. The number of para-hydroxylation sites is 1. The Bertz CT molecular complexity index is 861. The maximum Gasteiger partial charge on any atom is 0.266 e. The highest BCUT2D eigenvalue weighted by atomic mass is 35.5. The molecule has 5 nitrogen and oxygen atoms in total. The van der Waals surface area contributed by atoms with E-state index in [4.69, 9.17) is 11.6 Å². The van der Waals surface area contributed by atoms with E-state index in [1.54, 1.807) is 21.7 Å². The van der Waals surface area contributed by atoms with Gasteiger partial charge in [0, 0.05) is 12.1 Å². The monoisotopic (exact) mass is 401 g/mol. The number of nitrogens with zero attached hydrogens (tertiary/aromatic N) is 3. The number of benzene rings is 2. The van der Waals surface area contributed by atoms with Gasteiger partial charge in [-0.2, -0.15) is 0 Å². The van der Waals surface area contributed by atoms with E-state index in [0.29, 0.717) is 10.8 Å². The van der Waals surface area contributed by atoms with Gasteiger partial charge in [-0.3, -0.25) is 9.59 Å². The normalized spacial score (nSPS) is 26.3. The molecule has 0 spiro atoms. The highest BCUT2D eigenvalue weighted by Gasteiger charge is 2.51. The second-order valence-corrected chi connectivity index (χ2v) is 8.27. The zero-order valence-electron chi connectivity index (χ0n) is 15.1. The van der Waals surface area contributed by atoms with E-state index in [1.807, 2.05) is 73.6 Å². The van der Waals surface area contributed by atoms with Gasteiger partial charge in [-0.25, -0.2) is 10.0 Å². The van der Waals surface area contributed by atoms with Gasteiger partial charge in [0.1, 0.15) is 11.4 Å². The molecule has 0 aromatic heterocycles. The molecule has 2 aliphatic heterocycles. The van der Waals surface area contributed by atoms with Gasteiger partial charge in [0.15, 0.2) is 0 Å². The maximum atomic E-state index is 13.4. The number of anilines is 1. The fourth-order valence-electron chi connectivity index (χ4n) is 3.72. The van der Waals surface area contributed by atoms with Crippen molar-refractivity contribution < 1.29 is 9.59 Å². The second-order valence-electron chi connectivity index (χ2n) is 6.76. The van der Waals surface area contributed by atoms with Crippen LogP contribution in [0.25, 0.3) is 0 Å². The highest BCUT2D eigenvalue weighted by Crippen LogP contribution is 2.43. The minimum absolute atomic E-state index is 0.00605. The van der Waals surface area contributed by atoms with E-state index in [-0.39, 0.29) is 23.2 Å². The molecule has 0 aliphatic carbocycles. The molecule has 0 saturated carbocycles. The summed E-state index contributed by atoms with van der Waals surface area (Å²) in [6.45, 7) is 1.99. The van der Waals surface area contributed by atoms with Gasteiger partial charge in [0.05, 0.1) is 17.5 Å². The quantitative estimate of drug-likeness (QED) is 0.788. The summed E-state index contributed by atoms with van der Waals surface area (Å²) in [4.78, 5) is 27.8. The van der Waals surface area contributed by atoms with Crippen LogP contribution in [0.5, 0.6) is 0 Å². The van der Waals surface area contributed by atoms with Gasteiger partial charge in [0.25, 0.3) is 5.91 Å². The number of carbonyl (C=O) groups excluding carboxylic acids is 2. The Balaban J connectivity index is 1.69. The van der Waals surface area contributed by atoms with Crippen molar-refractivity contribution in [1.29, 1.82) is 0 Å². The first-order valence-corrected chi connectivity index (χ1v) is 10.2. The summed E-state index contributed by atoms with van der Waals surface area (Å²) in [6, 6.07) is 16.4. The number of hydrazine groups is 1. The van der Waals surface area contributed by atoms with Crippen molar-refractivity contribution in [3.63, 3.8) is 0 Å². The molecule has 2 aliphatic rings. The number of rotatable bonds is 3. The van der Waals surface area contributed by atoms with Crippen molar-refractivity contribution in [2.75, 3.05) is 17.8 Å². The molecule has 2 amide bonds. The van der Waals surface area contributed by atoms with Crippen LogP contribution in [-0.2, 0) is 9.59 Å². The predicted molar refractivity (Wildman–Crippen MR) is 108 cm³/mol. The zero-order valence-corrected chi connectivity index (χ0v) is 16.7. The maximum absolute atomic E-state index is 13.4. The van der Waals surface area contributed by atoms with Crippen LogP contribution in [-0.4, -0.2) is 46.6 Å². The summed E-state index contributed by atoms with van der Waals surface area (Å²) in [5.74, 6) is 0.290. The molecule has 2 fully saturated rings. The lowest BCUT2D eigenvalue weighted by Crippen LogP contribution is -2.47. The molecule has 27 heavy (non-hydrogen) atoms. The Morgan fingerprint density at radius 2 is 1.70 bits per heavy atom. The van der Waals surface area contributed by atoms with Gasteiger partial charge in [0.2, 0.25) is 5.91 Å². The lowest BCUT2D eigenvalue weighted by molar-refractivity contribution is -0.136. The minimum Gasteiger partial charge on any atom is -0.312 e. The fraction of sp³-hybridized carbons (Fsp3) is 0.300. The van der Waals surface area contributed by atoms with Crippen LogP contribution in [0.15, 0.2) is 54.6 Å². The highest BCUT2D eigenvalue weighted by molar-refractivity contribution is 8.00. The summed E-state index contributed by atoms with van der Waals surface area (Å²) < 4.78 is 0. The fourth-order valence-corrected chi connectivity index (χ4v) is 5.06. The molecule has 4 rings (SSSR count). The molecule has 0 bridgehead atoms. The number of carbonyl (C=O) groups is 2. The van der Waals surface area contributed by atoms with E-state index in [0.717, 1.165) is 11.3 Å². The number of thioether (sulfide) groups is 1. The average Bonchev–Trinajstić information content (AvgIpc) is 3.14. The number of hydrogen-bond donors (Lipinski definition) is 0. The summed E-state index contributed by atoms with van der Waals surface area (Å²) in [6.07, 6.45) is 0. The molecule has 0 N–H and O–H groups in total. The number of amides is 2. The van der Waals surface area contributed by atoms with Gasteiger partial charge < -0.3 is 4.90 Å². The van der Waals surface area contributed by atoms with E-state index >= 15 is 0 Å². The van der Waals surface area contributed by atoms with Crippen LogP contribution in [0.4, 0.5) is 5.69 Å². The molecule has 3 atom stereocenters. The topological polar surface area (TPSA) is 43.9 Å². The smallest absolute Gasteiger partial charge is 0.266 e. The van der Waals surface area contributed by atoms with Crippen LogP contribution < -0.4 is 5.01 Å². The van der Waals surface area contributed by atoms with Gasteiger partial charge in [-0.05, 0) is 36.8 Å². The molecule has 3 unspecified atom stereocenters. The van der Waals surface area contributed by atoms with E-state index < -0.39 is 6.04 Å². The van der Waals surface area contributed by atoms with Gasteiger partial charge >= 0.3 is 0 Å². The van der Waals surface area contributed by atoms with Crippen LogP contribution in [0.3, 0.4) is 0 Å². The van der Waals surface area contributed by atoms with E-state index in [1.165, 1.54) is 0 Å². The molecule has 2 aromatic carbocycles. The Morgan fingerprint density at radius 3 is 2.37 bits per heavy atom. The third kappa shape index (κ3) is 3.12. The first-order chi connectivity index (χ1) is 13.0. The van der Waals surface area contributed by atoms with Gasteiger partial charge in [-0.15, -0.1) is 11.8 Å². The minimum atomic E-state index is -0.529. The average molecular weight is 402 g/mol. The molecule has 0 radical (unpaired) electrons. The number of likely N-dealkylation sites (N-methyl/N-ethyl adjacent to an activating group) is 1. The Morgan fingerprint density at radius 1 is 1.04 bits per heavy atom. The van der Waals surface area contributed by atoms with Crippen LogP contribution in [0.1, 0.15) is 17.9 Å². The van der Waals surface area contributed by atoms with Crippen LogP contribution >= 0.6 is 23.4 Å². The SMILES string of the molecule is CC1C(N2C(=O)CSC2c2ccc(Cl)cc2)C(=O)N(c2ccccc2)N1C. The van der Waals surface area contributed by atoms with Crippen molar-refractivity contribution in [1.82, 2.24) is 9.91 Å². The van der Waals surface area contributed by atoms with Crippen molar-refractivity contribution in [3.05, 3.63) is 65.2 Å². The molecule has 2 saturated heterocycles. The lowest BCUT2D eigenvalue weighted by Gasteiger charge is -2.31. The summed E-state index contributed by atoms with van der Waals surface area (Å²) >= 11 is 7.56. The molecule has 7 heteroatoms. The number of hydrogen-bond acceptors (Lipinski definition) is 4. The standard InChI is InChI=1S/C20H20ClN3O2S/c1-13-18(19(26)24(22(13)2)16-6-4-3-5-7-16)23-17(25)12-27-20(23)14-8-10-15(21)11-9-14/h3-11,13,18,20H,12H2,1-2H3. The summed E-state index contributed by atoms with van der Waals surface area (Å²) in [7, 11) is 1.89. The second kappa shape index (κ2) is 7.19. The predicted octanol–water partition coefficient (Wildman–Crippen LogP) is 3.56. The Kier molecular flexibility index (Phi) is 4.88. The Hall–Kier alpha value is -2.02. The van der Waals surface area contributed by atoms with E-state index in [9.17, 15) is 9.59 Å². The van der Waals surface area contributed by atoms with Gasteiger partial charge in [-0.1, -0.05) is 41.9 Å². The van der Waals surface area contributed by atoms with Crippen molar-refractivity contribution in [2.45, 2.75) is 24.4 Å². The van der Waals surface area contributed by atoms with Crippen LogP contribution in [0.2, 0.25) is 5.02 Å². The first kappa shape index (κ1) is 18.3. The first-order valence-electron chi connectivity index (χ1n) is 8.79. The Labute approximate surface area is 167 Å². The summed E-state index contributed by atoms with van der Waals surface area (Å²) in [5, 5.41) is 4.05. The van der Waals surface area contributed by atoms with Crippen molar-refractivity contribution in [3.8, 4) is 0 Å². The molecule has 2 heterocycles. The largest absolute Gasteiger partial charge is 0.312 e. The summed E-state index contributed by atoms with van der Waals surface area (Å²) in [5.41, 5.74) is 1.79. The van der Waals surface area contributed by atoms with Crippen molar-refractivity contribution >= 4 is 40.9 Å². The molecular weight excluding hydrogens is 382 g/mol. The third-order valence-electron chi connectivity index (χ3n) is 5.18. The zero-order chi connectivity index (χ0) is 19.1. The lowest BCUT2D eigenvalue weighted by atomic mass is 10.1.